The van der Waals surface area contributed by atoms with E-state index in [1.165, 1.54) is 32.4 Å². The van der Waals surface area contributed by atoms with Crippen molar-refractivity contribution in [2.45, 2.75) is 83.1 Å². The van der Waals surface area contributed by atoms with Gasteiger partial charge in [0.25, 0.3) is 0 Å². The number of ether oxygens (including phenoxy) is 1. The number of likely N-dealkylation sites (tertiary alicyclic amines) is 2. The first-order valence-corrected chi connectivity index (χ1v) is 12.0. The summed E-state index contributed by atoms with van der Waals surface area (Å²) < 4.78 is 5.45. The second-order valence-electron chi connectivity index (χ2n) is 10.1. The van der Waals surface area contributed by atoms with E-state index in [0.29, 0.717) is 19.0 Å². The lowest BCUT2D eigenvalue weighted by Gasteiger charge is -2.41. The van der Waals surface area contributed by atoms with E-state index in [2.05, 4.69) is 15.1 Å². The van der Waals surface area contributed by atoms with Gasteiger partial charge in [-0.1, -0.05) is 36.8 Å². The molecule has 31 heavy (non-hydrogen) atoms. The zero-order valence-electron chi connectivity index (χ0n) is 19.6. The Balaban J connectivity index is 1.54. The number of piperidine rings is 2. The first kappa shape index (κ1) is 24.0. The van der Waals surface area contributed by atoms with E-state index in [0.717, 1.165) is 31.5 Å². The quantitative estimate of drug-likeness (QED) is 0.692. The van der Waals surface area contributed by atoms with Gasteiger partial charge in [-0.2, -0.15) is 0 Å². The van der Waals surface area contributed by atoms with Crippen LogP contribution in [0.1, 0.15) is 58.4 Å². The van der Waals surface area contributed by atoms with Crippen LogP contribution in [0.2, 0.25) is 0 Å². The van der Waals surface area contributed by atoms with Gasteiger partial charge in [-0.15, -0.1) is 0 Å². The number of rotatable bonds is 7. The average Bonchev–Trinajstić information content (AvgIpc) is 2.74. The number of β-amino-alcohol motifs (C(OH)–C–C–N with tert-alkyl or cyclic N) is 1. The third-order valence-electron chi connectivity index (χ3n) is 6.37. The highest BCUT2D eigenvalue weighted by molar-refractivity contribution is 5.68. The van der Waals surface area contributed by atoms with Crippen molar-refractivity contribution < 1.29 is 14.6 Å². The van der Waals surface area contributed by atoms with Crippen LogP contribution in [0.15, 0.2) is 30.3 Å². The van der Waals surface area contributed by atoms with E-state index < -0.39 is 23.8 Å². The van der Waals surface area contributed by atoms with Crippen molar-refractivity contribution >= 4 is 6.09 Å². The molecule has 1 amide bonds. The number of nitrogens with one attached hydrogen (secondary N) is 1. The van der Waals surface area contributed by atoms with Gasteiger partial charge >= 0.3 is 6.09 Å². The number of aliphatic hydroxyl groups excluding tert-OH is 1. The summed E-state index contributed by atoms with van der Waals surface area (Å²) in [7, 11) is 0. The molecule has 0 saturated carbocycles. The van der Waals surface area contributed by atoms with Gasteiger partial charge in [-0.3, -0.25) is 0 Å². The SMILES string of the molecule is CC(C)(C)OC(=O)N[C@@H](Cc1ccccc1)[C@@H](O)CN1CCC(N2CCCCC2)CC1. The van der Waals surface area contributed by atoms with E-state index in [-0.39, 0.29) is 0 Å². The summed E-state index contributed by atoms with van der Waals surface area (Å²) >= 11 is 0. The van der Waals surface area contributed by atoms with E-state index in [1.54, 1.807) is 0 Å². The molecule has 0 radical (unpaired) electrons. The van der Waals surface area contributed by atoms with Crippen LogP contribution in [-0.4, -0.2) is 77.5 Å². The highest BCUT2D eigenvalue weighted by Gasteiger charge is 2.30. The summed E-state index contributed by atoms with van der Waals surface area (Å²) in [6, 6.07) is 10.3. The van der Waals surface area contributed by atoms with E-state index in [9.17, 15) is 9.90 Å². The molecule has 0 aliphatic carbocycles. The van der Waals surface area contributed by atoms with Gasteiger partial charge in [-0.25, -0.2) is 4.79 Å². The van der Waals surface area contributed by atoms with Crippen molar-refractivity contribution in [1.29, 1.82) is 0 Å². The Morgan fingerprint density at radius 3 is 2.35 bits per heavy atom. The predicted octanol–water partition coefficient (Wildman–Crippen LogP) is 3.43. The van der Waals surface area contributed by atoms with E-state index in [4.69, 9.17) is 4.74 Å². The van der Waals surface area contributed by atoms with Crippen molar-refractivity contribution in [2.75, 3.05) is 32.7 Å². The zero-order chi connectivity index (χ0) is 22.3. The average molecular weight is 432 g/mol. The minimum Gasteiger partial charge on any atom is -0.444 e. The zero-order valence-corrected chi connectivity index (χ0v) is 19.6. The third kappa shape index (κ3) is 8.09. The lowest BCUT2D eigenvalue weighted by atomic mass is 9.97. The van der Waals surface area contributed by atoms with E-state index in [1.807, 2.05) is 51.1 Å². The Kier molecular flexibility index (Phi) is 8.76. The summed E-state index contributed by atoms with van der Waals surface area (Å²) in [5, 5.41) is 14.0. The molecule has 0 unspecified atom stereocenters. The van der Waals surface area contributed by atoms with Gasteiger partial charge < -0.3 is 25.0 Å². The van der Waals surface area contributed by atoms with Crippen molar-refractivity contribution in [2.24, 2.45) is 0 Å². The number of alkyl carbamates (subject to hydrolysis) is 1. The number of carbonyl (C=O) groups excluding carboxylic acids is 1. The highest BCUT2D eigenvalue weighted by Crippen LogP contribution is 2.21. The maximum Gasteiger partial charge on any atom is 0.407 e. The van der Waals surface area contributed by atoms with Crippen molar-refractivity contribution in [3.63, 3.8) is 0 Å². The summed E-state index contributed by atoms with van der Waals surface area (Å²) in [4.78, 5) is 17.4. The largest absolute Gasteiger partial charge is 0.444 e. The topological polar surface area (TPSA) is 65.0 Å². The minimum atomic E-state index is -0.653. The molecule has 6 nitrogen and oxygen atoms in total. The Hall–Kier alpha value is -1.63. The van der Waals surface area contributed by atoms with Gasteiger partial charge in [0.2, 0.25) is 0 Å². The first-order chi connectivity index (χ1) is 14.8. The molecule has 1 aromatic carbocycles. The van der Waals surface area contributed by atoms with Crippen LogP contribution in [0.5, 0.6) is 0 Å². The molecule has 0 spiro atoms. The highest BCUT2D eigenvalue weighted by atomic mass is 16.6. The number of hydrogen-bond donors (Lipinski definition) is 2. The van der Waals surface area contributed by atoms with Gasteiger partial charge in [0.05, 0.1) is 12.1 Å². The summed E-state index contributed by atoms with van der Waals surface area (Å²) in [6.07, 6.45) is 5.80. The van der Waals surface area contributed by atoms with Crippen LogP contribution in [0.25, 0.3) is 0 Å². The Morgan fingerprint density at radius 1 is 1.10 bits per heavy atom. The van der Waals surface area contributed by atoms with Gasteiger partial charge in [0, 0.05) is 12.6 Å². The molecule has 2 atom stereocenters. The molecule has 0 bridgehead atoms. The summed E-state index contributed by atoms with van der Waals surface area (Å²) in [6.45, 7) is 10.6. The smallest absolute Gasteiger partial charge is 0.407 e. The number of aliphatic hydroxyl groups is 1. The maximum atomic E-state index is 12.4. The lowest BCUT2D eigenvalue weighted by Crippen LogP contribution is -2.53. The van der Waals surface area contributed by atoms with Gasteiger partial charge in [-0.05, 0) is 84.6 Å². The molecule has 2 heterocycles. The Bertz CT molecular complexity index is 662. The predicted molar refractivity (Wildman–Crippen MR) is 124 cm³/mol. The number of nitrogens with zero attached hydrogens (tertiary/aromatic N) is 2. The molecular weight excluding hydrogens is 390 g/mol. The van der Waals surface area contributed by atoms with Crippen LogP contribution in [0.4, 0.5) is 4.79 Å². The standard InChI is InChI=1S/C25H41N3O3/c1-25(2,3)31-24(30)26-22(18-20-10-6-4-7-11-20)23(29)19-27-16-12-21(13-17-27)28-14-8-5-9-15-28/h4,6-7,10-11,21-23,29H,5,8-9,12-19H2,1-3H3,(H,26,30)/t22-,23-/m0/s1. The van der Waals surface area contributed by atoms with Crippen LogP contribution >= 0.6 is 0 Å². The van der Waals surface area contributed by atoms with Crippen molar-refractivity contribution in [3.05, 3.63) is 35.9 Å². The molecule has 2 aliphatic heterocycles. The van der Waals surface area contributed by atoms with Crippen LogP contribution in [-0.2, 0) is 11.2 Å². The number of amides is 1. The molecule has 2 saturated heterocycles. The molecule has 174 valence electrons. The van der Waals surface area contributed by atoms with Crippen molar-refractivity contribution in [3.8, 4) is 0 Å². The molecule has 2 aliphatic rings. The fourth-order valence-electron chi connectivity index (χ4n) is 4.75. The fourth-order valence-corrected chi connectivity index (χ4v) is 4.75. The fraction of sp³-hybridized carbons (Fsp3) is 0.720. The van der Waals surface area contributed by atoms with Gasteiger partial charge in [0.15, 0.2) is 0 Å². The lowest BCUT2D eigenvalue weighted by molar-refractivity contribution is 0.0287. The van der Waals surface area contributed by atoms with Crippen LogP contribution < -0.4 is 5.32 Å². The van der Waals surface area contributed by atoms with Crippen molar-refractivity contribution in [1.82, 2.24) is 15.1 Å². The second kappa shape index (κ2) is 11.3. The molecule has 1 aromatic rings. The van der Waals surface area contributed by atoms with Gasteiger partial charge in [0.1, 0.15) is 5.60 Å². The molecule has 6 heteroatoms. The normalized spacial score (nSPS) is 21.4. The molecule has 3 rings (SSSR count). The molecule has 2 fully saturated rings. The molecule has 0 aromatic heterocycles. The number of hydrogen-bond acceptors (Lipinski definition) is 5. The molecular formula is C25H41N3O3. The monoisotopic (exact) mass is 431 g/mol. The van der Waals surface area contributed by atoms with E-state index >= 15 is 0 Å². The first-order valence-electron chi connectivity index (χ1n) is 12.0. The molecule has 2 N–H and O–H groups in total. The van der Waals surface area contributed by atoms with Crippen LogP contribution in [0.3, 0.4) is 0 Å². The number of benzene rings is 1. The van der Waals surface area contributed by atoms with Crippen LogP contribution in [0, 0.1) is 0 Å². The summed E-state index contributed by atoms with van der Waals surface area (Å²) in [5.41, 5.74) is 0.522. The Morgan fingerprint density at radius 2 is 1.74 bits per heavy atom. The Labute approximate surface area is 187 Å². The summed E-state index contributed by atoms with van der Waals surface area (Å²) in [5.74, 6) is 0. The maximum absolute atomic E-state index is 12.4. The third-order valence-corrected chi connectivity index (χ3v) is 6.37. The minimum absolute atomic E-state index is 0.392. The number of carbonyl (C=O) groups is 1. The second-order valence-corrected chi connectivity index (χ2v) is 10.1.